The van der Waals surface area contributed by atoms with Gasteiger partial charge in [-0.3, -0.25) is 4.79 Å². The second kappa shape index (κ2) is 9.65. The van der Waals surface area contributed by atoms with Crippen LogP contribution in [-0.2, 0) is 14.3 Å². The molecule has 5 heteroatoms. The minimum Gasteiger partial charge on any atom is -0.497 e. The SMILES string of the molecule is COc1ccc([C@H]2C(C(=O)OCC(C)C)=C(C)NC3=C2C(=O)C[C@@H](c2ccccc2)C3)cc1. The molecule has 1 aliphatic carbocycles. The normalized spacial score (nSPS) is 20.5. The van der Waals surface area contributed by atoms with Gasteiger partial charge in [0.15, 0.2) is 5.78 Å². The van der Waals surface area contributed by atoms with Gasteiger partial charge in [-0.2, -0.15) is 0 Å². The van der Waals surface area contributed by atoms with E-state index in [-0.39, 0.29) is 23.6 Å². The van der Waals surface area contributed by atoms with Gasteiger partial charge in [0.25, 0.3) is 0 Å². The van der Waals surface area contributed by atoms with Crippen molar-refractivity contribution in [3.63, 3.8) is 0 Å². The number of rotatable bonds is 6. The van der Waals surface area contributed by atoms with Crippen molar-refractivity contribution in [2.45, 2.75) is 45.4 Å². The number of carbonyl (C=O) groups is 2. The molecular formula is C28H31NO4. The largest absolute Gasteiger partial charge is 0.497 e. The predicted octanol–water partition coefficient (Wildman–Crippen LogP) is 5.26. The fourth-order valence-corrected chi connectivity index (χ4v) is 4.72. The van der Waals surface area contributed by atoms with Crippen molar-refractivity contribution >= 4 is 11.8 Å². The van der Waals surface area contributed by atoms with Crippen LogP contribution < -0.4 is 10.1 Å². The van der Waals surface area contributed by atoms with Crippen LogP contribution in [0.1, 0.15) is 56.6 Å². The molecular weight excluding hydrogens is 414 g/mol. The van der Waals surface area contributed by atoms with E-state index in [0.717, 1.165) is 34.7 Å². The Morgan fingerprint density at radius 3 is 2.36 bits per heavy atom. The number of hydrogen-bond donors (Lipinski definition) is 1. The number of hydrogen-bond acceptors (Lipinski definition) is 5. The number of methoxy groups -OCH3 is 1. The van der Waals surface area contributed by atoms with Crippen molar-refractivity contribution in [2.24, 2.45) is 5.92 Å². The molecule has 0 fully saturated rings. The summed E-state index contributed by atoms with van der Waals surface area (Å²) >= 11 is 0. The molecule has 5 nitrogen and oxygen atoms in total. The van der Waals surface area contributed by atoms with Gasteiger partial charge in [-0.25, -0.2) is 4.79 Å². The highest BCUT2D eigenvalue weighted by Gasteiger charge is 2.41. The summed E-state index contributed by atoms with van der Waals surface area (Å²) in [7, 11) is 1.62. The summed E-state index contributed by atoms with van der Waals surface area (Å²) in [5, 5.41) is 3.40. The highest BCUT2D eigenvalue weighted by atomic mass is 16.5. The first-order chi connectivity index (χ1) is 15.9. The molecule has 4 rings (SSSR count). The van der Waals surface area contributed by atoms with Gasteiger partial charge in [-0.1, -0.05) is 56.3 Å². The molecule has 0 radical (unpaired) electrons. The first-order valence-electron chi connectivity index (χ1n) is 11.5. The van der Waals surface area contributed by atoms with E-state index in [4.69, 9.17) is 9.47 Å². The zero-order valence-corrected chi connectivity index (χ0v) is 19.7. The molecule has 0 unspecified atom stereocenters. The summed E-state index contributed by atoms with van der Waals surface area (Å²) in [6, 6.07) is 17.7. The van der Waals surface area contributed by atoms with E-state index < -0.39 is 5.92 Å². The number of nitrogens with one attached hydrogen (secondary N) is 1. The van der Waals surface area contributed by atoms with Crippen molar-refractivity contribution in [2.75, 3.05) is 13.7 Å². The summed E-state index contributed by atoms with van der Waals surface area (Å²) in [4.78, 5) is 26.8. The standard InChI is InChI=1S/C28H31NO4/c1-17(2)16-33-28(31)25-18(3)29-23-14-21(19-8-6-5-7-9-19)15-24(30)27(23)26(25)20-10-12-22(32-4)13-11-20/h5-13,17,21,26,29H,14-16H2,1-4H3/t21-,26-/m0/s1. The topological polar surface area (TPSA) is 64.6 Å². The molecule has 172 valence electrons. The van der Waals surface area contributed by atoms with E-state index in [9.17, 15) is 9.59 Å². The minimum atomic E-state index is -0.462. The van der Waals surface area contributed by atoms with Gasteiger partial charge in [0, 0.05) is 29.3 Å². The lowest BCUT2D eigenvalue weighted by Gasteiger charge is -2.36. The summed E-state index contributed by atoms with van der Waals surface area (Å²) in [6.07, 6.45) is 1.15. The fraction of sp³-hybridized carbons (Fsp3) is 0.357. The lowest BCUT2D eigenvalue weighted by Crippen LogP contribution is -2.36. The van der Waals surface area contributed by atoms with Gasteiger partial charge in [0.2, 0.25) is 0 Å². The molecule has 0 saturated carbocycles. The molecule has 0 spiro atoms. The average Bonchev–Trinajstić information content (AvgIpc) is 2.82. The number of ether oxygens (including phenoxy) is 2. The molecule has 0 amide bonds. The van der Waals surface area contributed by atoms with Crippen LogP contribution in [0.4, 0.5) is 0 Å². The van der Waals surface area contributed by atoms with E-state index in [1.54, 1.807) is 7.11 Å². The maximum absolute atomic E-state index is 13.6. The minimum absolute atomic E-state index is 0.0695. The Bertz CT molecular complexity index is 1100. The first kappa shape index (κ1) is 22.8. The third-order valence-electron chi connectivity index (χ3n) is 6.32. The highest BCUT2D eigenvalue weighted by Crippen LogP contribution is 2.45. The third-order valence-corrected chi connectivity index (χ3v) is 6.32. The molecule has 0 aromatic heterocycles. The van der Waals surface area contributed by atoms with E-state index in [1.165, 1.54) is 0 Å². The van der Waals surface area contributed by atoms with Crippen LogP contribution in [-0.4, -0.2) is 25.5 Å². The van der Waals surface area contributed by atoms with Crippen LogP contribution in [0.2, 0.25) is 0 Å². The number of ketones is 1. The molecule has 1 aliphatic heterocycles. The van der Waals surface area contributed by atoms with Crippen molar-refractivity contribution in [3.8, 4) is 5.75 Å². The lowest BCUT2D eigenvalue weighted by molar-refractivity contribution is -0.140. The van der Waals surface area contributed by atoms with Gasteiger partial charge < -0.3 is 14.8 Å². The van der Waals surface area contributed by atoms with Crippen LogP contribution in [0.15, 0.2) is 77.1 Å². The number of dihydropyridines is 1. The van der Waals surface area contributed by atoms with Crippen molar-refractivity contribution in [3.05, 3.63) is 88.3 Å². The van der Waals surface area contributed by atoms with Crippen molar-refractivity contribution < 1.29 is 19.1 Å². The van der Waals surface area contributed by atoms with Crippen LogP contribution in [0.5, 0.6) is 5.75 Å². The number of carbonyl (C=O) groups excluding carboxylic acids is 2. The van der Waals surface area contributed by atoms with Gasteiger partial charge >= 0.3 is 5.97 Å². The molecule has 0 saturated heterocycles. The van der Waals surface area contributed by atoms with Crippen molar-refractivity contribution in [1.82, 2.24) is 5.32 Å². The maximum Gasteiger partial charge on any atom is 0.336 e. The second-order valence-corrected chi connectivity index (χ2v) is 9.19. The summed E-state index contributed by atoms with van der Waals surface area (Å²) in [5.41, 5.74) is 4.86. The highest BCUT2D eigenvalue weighted by molar-refractivity contribution is 6.04. The Kier molecular flexibility index (Phi) is 6.68. The van der Waals surface area contributed by atoms with Crippen molar-refractivity contribution in [1.29, 1.82) is 0 Å². The number of allylic oxidation sites excluding steroid dienone is 3. The zero-order chi connectivity index (χ0) is 23.5. The van der Waals surface area contributed by atoms with Crippen LogP contribution in [0.3, 0.4) is 0 Å². The van der Waals surface area contributed by atoms with Gasteiger partial charge in [-0.05, 0) is 48.4 Å². The monoisotopic (exact) mass is 445 g/mol. The molecule has 2 atom stereocenters. The Morgan fingerprint density at radius 1 is 1.03 bits per heavy atom. The molecule has 2 aromatic rings. The second-order valence-electron chi connectivity index (χ2n) is 9.19. The molecule has 1 N–H and O–H groups in total. The van der Waals surface area contributed by atoms with E-state index in [2.05, 4.69) is 17.4 Å². The number of esters is 1. The molecule has 2 aromatic carbocycles. The van der Waals surface area contributed by atoms with Gasteiger partial charge in [-0.15, -0.1) is 0 Å². The predicted molar refractivity (Wildman–Crippen MR) is 128 cm³/mol. The Labute approximate surface area is 195 Å². The zero-order valence-electron chi connectivity index (χ0n) is 19.7. The van der Waals surface area contributed by atoms with Gasteiger partial charge in [0.1, 0.15) is 5.75 Å². The van der Waals surface area contributed by atoms with Gasteiger partial charge in [0.05, 0.1) is 19.3 Å². The first-order valence-corrected chi connectivity index (χ1v) is 11.5. The quantitative estimate of drug-likeness (QED) is 0.615. The average molecular weight is 446 g/mol. The molecule has 0 bridgehead atoms. The summed E-state index contributed by atoms with van der Waals surface area (Å²) in [6.45, 7) is 6.23. The lowest BCUT2D eigenvalue weighted by atomic mass is 9.72. The van der Waals surface area contributed by atoms with Crippen LogP contribution >= 0.6 is 0 Å². The molecule has 33 heavy (non-hydrogen) atoms. The van der Waals surface area contributed by atoms with E-state index >= 15 is 0 Å². The van der Waals surface area contributed by atoms with E-state index in [1.807, 2.05) is 63.2 Å². The van der Waals surface area contributed by atoms with Crippen LogP contribution in [0, 0.1) is 5.92 Å². The third kappa shape index (κ3) is 4.72. The Morgan fingerprint density at radius 2 is 1.73 bits per heavy atom. The Hall–Kier alpha value is -3.34. The summed E-state index contributed by atoms with van der Waals surface area (Å²) < 4.78 is 10.9. The smallest absolute Gasteiger partial charge is 0.336 e. The summed E-state index contributed by atoms with van der Waals surface area (Å²) in [5.74, 6) is 0.299. The maximum atomic E-state index is 13.6. The number of Topliss-reactive ketones (excluding diaryl/α,β-unsaturated/α-hetero) is 1. The molecule has 2 aliphatic rings. The molecule has 1 heterocycles. The Balaban J connectivity index is 1.76. The fourth-order valence-electron chi connectivity index (χ4n) is 4.72. The number of benzene rings is 2. The van der Waals surface area contributed by atoms with Crippen LogP contribution in [0.25, 0.3) is 0 Å². The van der Waals surface area contributed by atoms with E-state index in [0.29, 0.717) is 24.2 Å².